The molecule has 0 radical (unpaired) electrons. The van der Waals surface area contributed by atoms with Gasteiger partial charge in [0.2, 0.25) is 5.88 Å². The lowest BCUT2D eigenvalue weighted by atomic mass is 10.1. The van der Waals surface area contributed by atoms with E-state index in [0.717, 1.165) is 39.2 Å². The molecule has 1 aromatic carbocycles. The molecule has 1 aromatic heterocycles. The summed E-state index contributed by atoms with van der Waals surface area (Å²) < 4.78 is 64.5. The van der Waals surface area contributed by atoms with Crippen LogP contribution < -0.4 is 21.1 Å². The van der Waals surface area contributed by atoms with Crippen LogP contribution in [0.25, 0.3) is 0 Å². The average Bonchev–Trinajstić information content (AvgIpc) is 3.18. The summed E-state index contributed by atoms with van der Waals surface area (Å²) in [4.78, 5) is 26.1. The highest BCUT2D eigenvalue weighted by molar-refractivity contribution is 7.11. The van der Waals surface area contributed by atoms with Gasteiger partial charge >= 0.3 is 6.03 Å². The third kappa shape index (κ3) is 7.03. The lowest BCUT2D eigenvalue weighted by Gasteiger charge is -2.11. The molecule has 2 rings (SSSR count). The van der Waals surface area contributed by atoms with Crippen LogP contribution in [0.15, 0.2) is 0 Å². The summed E-state index contributed by atoms with van der Waals surface area (Å²) in [5.41, 5.74) is 3.17. The molecule has 13 heteroatoms. The molecule has 8 nitrogen and oxygen atoms in total. The Kier molecular flexibility index (Phi) is 10.1. The van der Waals surface area contributed by atoms with Gasteiger partial charge in [0.05, 0.1) is 5.56 Å². The monoisotopic (exact) mass is 505 g/mol. The maximum absolute atomic E-state index is 14.1. The Morgan fingerprint density at radius 3 is 2.24 bits per heavy atom. The zero-order chi connectivity index (χ0) is 25.4. The Balaban J connectivity index is 1.98. The molecule has 0 bridgehead atoms. The number of nitrogens with two attached hydrogens (primary N) is 1. The molecule has 3 amide bonds. The van der Waals surface area contributed by atoms with E-state index in [2.05, 4.69) is 19.9 Å². The van der Waals surface area contributed by atoms with Gasteiger partial charge in [-0.3, -0.25) is 10.1 Å². The van der Waals surface area contributed by atoms with Crippen molar-refractivity contribution in [1.82, 2.24) is 14.6 Å². The zero-order valence-electron chi connectivity index (χ0n) is 19.1. The number of aromatic nitrogens is 1. The number of rotatable bonds is 12. The number of hydrogen-bond donors (Lipinski definition) is 3. The molecule has 4 N–H and O–H groups in total. The van der Waals surface area contributed by atoms with Crippen molar-refractivity contribution in [3.63, 3.8) is 0 Å². The summed E-state index contributed by atoms with van der Waals surface area (Å²) in [6, 6.07) is -0.606. The third-order valence-electron chi connectivity index (χ3n) is 4.88. The smallest absolute Gasteiger partial charge is 0.319 e. The minimum atomic E-state index is -1.62. The molecule has 0 fully saturated rings. The average molecular weight is 506 g/mol. The molecule has 1 heterocycles. The number of anilines is 1. The molecule has 0 aliphatic carbocycles. The maximum atomic E-state index is 14.1. The van der Waals surface area contributed by atoms with Crippen LogP contribution in [0.1, 0.15) is 47.2 Å². The Morgan fingerprint density at radius 1 is 1.03 bits per heavy atom. The summed E-state index contributed by atoms with van der Waals surface area (Å²) in [6.45, 7) is 1.33. The van der Waals surface area contributed by atoms with Gasteiger partial charge in [0.25, 0.3) is 5.91 Å². The number of nitrogens with zero attached hydrogens (tertiary/aromatic N) is 2. The lowest BCUT2D eigenvalue weighted by molar-refractivity contribution is 0.0996. The van der Waals surface area contributed by atoms with Gasteiger partial charge in [-0.25, -0.2) is 22.4 Å². The minimum Gasteiger partial charge on any atom is -0.471 e. The molecule has 0 atom stereocenters. The number of benzene rings is 1. The zero-order valence-corrected chi connectivity index (χ0v) is 19.9. The first kappa shape index (κ1) is 27.3. The topological polar surface area (TPSA) is 110 Å². The predicted molar refractivity (Wildman–Crippen MR) is 120 cm³/mol. The van der Waals surface area contributed by atoms with E-state index < -0.39 is 58.8 Å². The molecule has 0 saturated heterocycles. The summed E-state index contributed by atoms with van der Waals surface area (Å²) in [5.74, 6) is -7.81. The second kappa shape index (κ2) is 12.5. The second-order valence-electron chi connectivity index (χ2n) is 7.80. The van der Waals surface area contributed by atoms with Gasteiger partial charge in [0.1, 0.15) is 17.2 Å². The molecule has 0 spiro atoms. The van der Waals surface area contributed by atoms with Gasteiger partial charge in [0.15, 0.2) is 23.3 Å². The number of ether oxygens (including phenoxy) is 1. The van der Waals surface area contributed by atoms with Crippen LogP contribution in [0, 0.1) is 30.2 Å². The molecule has 0 aliphatic rings. The SMILES string of the molecule is Cc1c(F)c(F)c(COc2nsc(NC(=O)NCCCCCCN(C)C)c2C(N)=O)c(F)c1F. The fraction of sp³-hybridized carbons (Fsp3) is 0.476. The van der Waals surface area contributed by atoms with E-state index >= 15 is 0 Å². The quantitative estimate of drug-likeness (QED) is 0.230. The number of primary amides is 1. The van der Waals surface area contributed by atoms with Crippen LogP contribution >= 0.6 is 11.5 Å². The van der Waals surface area contributed by atoms with E-state index in [4.69, 9.17) is 10.5 Å². The first-order valence-electron chi connectivity index (χ1n) is 10.5. The molecule has 34 heavy (non-hydrogen) atoms. The molecule has 2 aromatic rings. The van der Waals surface area contributed by atoms with Crippen molar-refractivity contribution in [2.24, 2.45) is 5.73 Å². The summed E-state index contributed by atoms with van der Waals surface area (Å²) in [6.07, 6.45) is 3.78. The largest absolute Gasteiger partial charge is 0.471 e. The van der Waals surface area contributed by atoms with Gasteiger partial charge in [-0.15, -0.1) is 0 Å². The van der Waals surface area contributed by atoms with Gasteiger partial charge in [0, 0.05) is 12.1 Å². The first-order chi connectivity index (χ1) is 16.0. The third-order valence-corrected chi connectivity index (χ3v) is 5.62. The van der Waals surface area contributed by atoms with E-state index in [-0.39, 0.29) is 10.6 Å². The highest BCUT2D eigenvalue weighted by Crippen LogP contribution is 2.32. The molecular weight excluding hydrogens is 478 g/mol. The Bertz CT molecular complexity index is 1000. The first-order valence-corrected chi connectivity index (χ1v) is 11.2. The fourth-order valence-corrected chi connectivity index (χ4v) is 3.72. The highest BCUT2D eigenvalue weighted by atomic mass is 32.1. The maximum Gasteiger partial charge on any atom is 0.319 e. The van der Waals surface area contributed by atoms with Crippen molar-refractivity contribution in [2.45, 2.75) is 39.2 Å². The van der Waals surface area contributed by atoms with Crippen molar-refractivity contribution in [1.29, 1.82) is 0 Å². The normalized spacial score (nSPS) is 11.1. The van der Waals surface area contributed by atoms with E-state index in [1.807, 2.05) is 14.1 Å². The number of unbranched alkanes of at least 4 members (excludes halogenated alkanes) is 3. The Morgan fingerprint density at radius 2 is 1.65 bits per heavy atom. The lowest BCUT2D eigenvalue weighted by Crippen LogP contribution is -2.30. The van der Waals surface area contributed by atoms with Gasteiger partial charge in [-0.2, -0.15) is 4.37 Å². The van der Waals surface area contributed by atoms with Crippen LogP contribution in [0.4, 0.5) is 27.4 Å². The molecule has 0 unspecified atom stereocenters. The molecular formula is C21H27F4N5O3S. The van der Waals surface area contributed by atoms with Crippen molar-refractivity contribution >= 4 is 28.5 Å². The predicted octanol–water partition coefficient (Wildman–Crippen LogP) is 3.93. The molecule has 0 saturated carbocycles. The Hall–Kier alpha value is -2.93. The highest BCUT2D eigenvalue weighted by Gasteiger charge is 2.26. The van der Waals surface area contributed by atoms with Gasteiger partial charge in [-0.1, -0.05) is 12.8 Å². The minimum absolute atomic E-state index is 0.0480. The number of hydrogen-bond acceptors (Lipinski definition) is 6. The van der Waals surface area contributed by atoms with Crippen LogP contribution in [0.5, 0.6) is 5.88 Å². The number of urea groups is 1. The molecule has 188 valence electrons. The number of halogens is 4. The number of amides is 3. The fourth-order valence-electron chi connectivity index (χ4n) is 2.99. The van der Waals surface area contributed by atoms with Crippen LogP contribution in [-0.4, -0.2) is 48.4 Å². The van der Waals surface area contributed by atoms with Gasteiger partial charge < -0.3 is 20.7 Å². The number of carbonyl (C=O) groups excluding carboxylic acids is 2. The van der Waals surface area contributed by atoms with Crippen LogP contribution in [0.3, 0.4) is 0 Å². The van der Waals surface area contributed by atoms with Gasteiger partial charge in [-0.05, 0) is 51.9 Å². The van der Waals surface area contributed by atoms with Crippen LogP contribution in [0.2, 0.25) is 0 Å². The van der Waals surface area contributed by atoms with Crippen LogP contribution in [-0.2, 0) is 6.61 Å². The standard InChI is InChI=1S/C21H27F4N5O3S/c1-11-14(22)16(24)12(17(25)15(11)23)10-33-19-13(18(26)31)20(34-29-19)28-21(32)27-8-6-4-5-7-9-30(2)3/h4-10H2,1-3H3,(H2,26,31)(H2,27,28,32). The van der Waals surface area contributed by atoms with E-state index in [9.17, 15) is 27.2 Å². The van der Waals surface area contributed by atoms with Crippen molar-refractivity contribution in [2.75, 3.05) is 32.5 Å². The van der Waals surface area contributed by atoms with E-state index in [1.54, 1.807) is 0 Å². The number of nitrogens with one attached hydrogen (secondary N) is 2. The second-order valence-corrected chi connectivity index (χ2v) is 8.58. The Labute approximate surface area is 198 Å². The van der Waals surface area contributed by atoms with Crippen molar-refractivity contribution < 1.29 is 31.9 Å². The van der Waals surface area contributed by atoms with Crippen molar-refractivity contribution in [3.05, 3.63) is 40.0 Å². The van der Waals surface area contributed by atoms with E-state index in [1.165, 1.54) is 0 Å². The van der Waals surface area contributed by atoms with Crippen molar-refractivity contribution in [3.8, 4) is 5.88 Å². The molecule has 0 aliphatic heterocycles. The van der Waals surface area contributed by atoms with E-state index in [0.29, 0.717) is 18.1 Å². The summed E-state index contributed by atoms with van der Waals surface area (Å²) in [7, 11) is 4.00. The summed E-state index contributed by atoms with van der Waals surface area (Å²) in [5, 5.41) is 5.02. The number of carbonyl (C=O) groups is 2. The summed E-state index contributed by atoms with van der Waals surface area (Å²) >= 11 is 0.650.